The predicted octanol–water partition coefficient (Wildman–Crippen LogP) is 3.47. The first-order chi connectivity index (χ1) is 12.6. The first kappa shape index (κ1) is 18.5. The highest BCUT2D eigenvalue weighted by atomic mass is 35.5. The Morgan fingerprint density at radius 2 is 1.92 bits per heavy atom. The molecule has 5 nitrogen and oxygen atoms in total. The SMILES string of the molecule is C[C@@H](NC(=O)CNc1cc(Cl)ccc1N1CCOCC1)c1ccccc1. The second-order valence-electron chi connectivity index (χ2n) is 6.31. The van der Waals surface area contributed by atoms with Crippen molar-refractivity contribution in [2.24, 2.45) is 0 Å². The number of carbonyl (C=O) groups is 1. The van der Waals surface area contributed by atoms with Crippen molar-refractivity contribution in [2.45, 2.75) is 13.0 Å². The Hall–Kier alpha value is -2.24. The van der Waals surface area contributed by atoms with Crippen LogP contribution < -0.4 is 15.5 Å². The number of ether oxygens (including phenoxy) is 1. The number of amides is 1. The number of benzene rings is 2. The number of hydrogen-bond donors (Lipinski definition) is 2. The van der Waals surface area contributed by atoms with Gasteiger partial charge in [-0.2, -0.15) is 0 Å². The fourth-order valence-electron chi connectivity index (χ4n) is 3.02. The van der Waals surface area contributed by atoms with E-state index in [-0.39, 0.29) is 18.5 Å². The van der Waals surface area contributed by atoms with E-state index >= 15 is 0 Å². The van der Waals surface area contributed by atoms with Gasteiger partial charge in [0.05, 0.1) is 37.2 Å². The van der Waals surface area contributed by atoms with Gasteiger partial charge in [0.15, 0.2) is 0 Å². The molecule has 0 aromatic heterocycles. The third kappa shape index (κ3) is 4.90. The van der Waals surface area contributed by atoms with Crippen molar-refractivity contribution >= 4 is 28.9 Å². The Morgan fingerprint density at radius 3 is 2.65 bits per heavy atom. The lowest BCUT2D eigenvalue weighted by Crippen LogP contribution is -2.37. The normalized spacial score (nSPS) is 15.4. The Kier molecular flexibility index (Phi) is 6.36. The van der Waals surface area contributed by atoms with E-state index < -0.39 is 0 Å². The van der Waals surface area contributed by atoms with Crippen LogP contribution in [0.1, 0.15) is 18.5 Å². The molecule has 6 heteroatoms. The van der Waals surface area contributed by atoms with Crippen LogP contribution in [0.5, 0.6) is 0 Å². The number of rotatable bonds is 6. The van der Waals surface area contributed by atoms with Gasteiger partial charge in [-0.15, -0.1) is 0 Å². The number of hydrogen-bond acceptors (Lipinski definition) is 4. The minimum Gasteiger partial charge on any atom is -0.378 e. The van der Waals surface area contributed by atoms with Gasteiger partial charge in [0.1, 0.15) is 0 Å². The Labute approximate surface area is 159 Å². The monoisotopic (exact) mass is 373 g/mol. The summed E-state index contributed by atoms with van der Waals surface area (Å²) in [6.45, 7) is 5.23. The van der Waals surface area contributed by atoms with Crippen molar-refractivity contribution in [2.75, 3.05) is 43.1 Å². The van der Waals surface area contributed by atoms with Crippen LogP contribution in [0.25, 0.3) is 0 Å². The van der Waals surface area contributed by atoms with E-state index in [0.717, 1.165) is 30.0 Å². The molecular formula is C20H24ClN3O2. The predicted molar refractivity (Wildman–Crippen MR) is 106 cm³/mol. The minimum absolute atomic E-state index is 0.0384. The molecular weight excluding hydrogens is 350 g/mol. The zero-order valence-electron chi connectivity index (χ0n) is 14.9. The molecule has 1 saturated heterocycles. The van der Waals surface area contributed by atoms with E-state index in [9.17, 15) is 4.79 Å². The molecule has 1 aliphatic rings. The molecule has 2 aromatic carbocycles. The molecule has 1 atom stereocenters. The molecule has 26 heavy (non-hydrogen) atoms. The summed E-state index contributed by atoms with van der Waals surface area (Å²) < 4.78 is 5.42. The molecule has 0 aliphatic carbocycles. The largest absolute Gasteiger partial charge is 0.378 e. The maximum atomic E-state index is 12.3. The van der Waals surface area contributed by atoms with Gasteiger partial charge in [-0.3, -0.25) is 4.79 Å². The van der Waals surface area contributed by atoms with Crippen molar-refractivity contribution in [3.8, 4) is 0 Å². The van der Waals surface area contributed by atoms with Crippen LogP contribution >= 0.6 is 11.6 Å². The Balaban J connectivity index is 1.61. The average Bonchev–Trinajstić information content (AvgIpc) is 2.68. The van der Waals surface area contributed by atoms with Crippen molar-refractivity contribution in [3.05, 3.63) is 59.1 Å². The number of halogens is 1. The maximum Gasteiger partial charge on any atom is 0.239 e. The molecule has 0 radical (unpaired) electrons. The molecule has 0 unspecified atom stereocenters. The average molecular weight is 374 g/mol. The minimum atomic E-state index is -0.0609. The molecule has 0 spiro atoms. The third-order valence-corrected chi connectivity index (χ3v) is 4.66. The summed E-state index contributed by atoms with van der Waals surface area (Å²) in [6.07, 6.45) is 0. The molecule has 2 aromatic rings. The third-order valence-electron chi connectivity index (χ3n) is 4.43. The van der Waals surface area contributed by atoms with Crippen LogP contribution in [0.2, 0.25) is 5.02 Å². The quantitative estimate of drug-likeness (QED) is 0.814. The lowest BCUT2D eigenvalue weighted by Gasteiger charge is -2.30. The van der Waals surface area contributed by atoms with Crippen molar-refractivity contribution in [3.63, 3.8) is 0 Å². The topological polar surface area (TPSA) is 53.6 Å². The van der Waals surface area contributed by atoms with Crippen molar-refractivity contribution < 1.29 is 9.53 Å². The fourth-order valence-corrected chi connectivity index (χ4v) is 3.20. The zero-order chi connectivity index (χ0) is 18.4. The molecule has 1 amide bonds. The summed E-state index contributed by atoms with van der Waals surface area (Å²) in [7, 11) is 0. The van der Waals surface area contributed by atoms with E-state index in [4.69, 9.17) is 16.3 Å². The molecule has 138 valence electrons. The van der Waals surface area contributed by atoms with Crippen LogP contribution in [-0.2, 0) is 9.53 Å². The van der Waals surface area contributed by atoms with Gasteiger partial charge < -0.3 is 20.3 Å². The zero-order valence-corrected chi connectivity index (χ0v) is 15.6. The van der Waals surface area contributed by atoms with Gasteiger partial charge in [0, 0.05) is 18.1 Å². The second kappa shape index (κ2) is 8.92. The Bertz CT molecular complexity index is 733. The van der Waals surface area contributed by atoms with Crippen LogP contribution in [0.15, 0.2) is 48.5 Å². The number of nitrogens with one attached hydrogen (secondary N) is 2. The molecule has 1 heterocycles. The van der Waals surface area contributed by atoms with Crippen LogP contribution in [0, 0.1) is 0 Å². The standard InChI is InChI=1S/C20H24ClN3O2/c1-15(16-5-3-2-4-6-16)23-20(25)14-22-18-13-17(21)7-8-19(18)24-9-11-26-12-10-24/h2-8,13,15,22H,9-12,14H2,1H3,(H,23,25)/t15-/m1/s1. The lowest BCUT2D eigenvalue weighted by molar-refractivity contribution is -0.120. The summed E-state index contributed by atoms with van der Waals surface area (Å²) in [5.74, 6) is -0.0609. The smallest absolute Gasteiger partial charge is 0.239 e. The van der Waals surface area contributed by atoms with Gasteiger partial charge >= 0.3 is 0 Å². The summed E-state index contributed by atoms with van der Waals surface area (Å²) in [6, 6.07) is 15.6. The molecule has 0 saturated carbocycles. The molecule has 2 N–H and O–H groups in total. The summed E-state index contributed by atoms with van der Waals surface area (Å²) in [5, 5.41) is 6.88. The highest BCUT2D eigenvalue weighted by Crippen LogP contribution is 2.29. The highest BCUT2D eigenvalue weighted by molar-refractivity contribution is 6.31. The van der Waals surface area contributed by atoms with E-state index in [2.05, 4.69) is 15.5 Å². The lowest BCUT2D eigenvalue weighted by atomic mass is 10.1. The second-order valence-corrected chi connectivity index (χ2v) is 6.75. The molecule has 3 rings (SSSR count). The van der Waals surface area contributed by atoms with Gasteiger partial charge in [0.2, 0.25) is 5.91 Å². The fraction of sp³-hybridized carbons (Fsp3) is 0.350. The van der Waals surface area contributed by atoms with E-state index in [1.54, 1.807) is 0 Å². The number of morpholine rings is 1. The first-order valence-corrected chi connectivity index (χ1v) is 9.22. The molecule has 1 aliphatic heterocycles. The van der Waals surface area contributed by atoms with E-state index in [1.165, 1.54) is 0 Å². The van der Waals surface area contributed by atoms with Gasteiger partial charge in [-0.1, -0.05) is 41.9 Å². The number of nitrogens with zero attached hydrogens (tertiary/aromatic N) is 1. The Morgan fingerprint density at radius 1 is 1.19 bits per heavy atom. The van der Waals surface area contributed by atoms with E-state index in [0.29, 0.717) is 18.2 Å². The maximum absolute atomic E-state index is 12.3. The van der Waals surface area contributed by atoms with Crippen LogP contribution in [0.4, 0.5) is 11.4 Å². The van der Waals surface area contributed by atoms with Crippen LogP contribution in [0.3, 0.4) is 0 Å². The van der Waals surface area contributed by atoms with Gasteiger partial charge in [-0.25, -0.2) is 0 Å². The van der Waals surface area contributed by atoms with Crippen molar-refractivity contribution in [1.29, 1.82) is 0 Å². The first-order valence-electron chi connectivity index (χ1n) is 8.84. The van der Waals surface area contributed by atoms with Crippen molar-refractivity contribution in [1.82, 2.24) is 5.32 Å². The van der Waals surface area contributed by atoms with E-state index in [1.807, 2.05) is 55.5 Å². The van der Waals surface area contributed by atoms with Gasteiger partial charge in [0.25, 0.3) is 0 Å². The summed E-state index contributed by atoms with van der Waals surface area (Å²) in [4.78, 5) is 14.6. The number of anilines is 2. The summed E-state index contributed by atoms with van der Waals surface area (Å²) >= 11 is 6.15. The number of carbonyl (C=O) groups excluding carboxylic acids is 1. The summed E-state index contributed by atoms with van der Waals surface area (Å²) in [5.41, 5.74) is 2.99. The van der Waals surface area contributed by atoms with Gasteiger partial charge in [-0.05, 0) is 30.7 Å². The highest BCUT2D eigenvalue weighted by Gasteiger charge is 2.16. The molecule has 1 fully saturated rings. The van der Waals surface area contributed by atoms with Crippen LogP contribution in [-0.4, -0.2) is 38.8 Å². The molecule has 0 bridgehead atoms.